The van der Waals surface area contributed by atoms with Gasteiger partial charge in [-0.3, -0.25) is 9.59 Å². The number of piperidine rings is 1. The lowest BCUT2D eigenvalue weighted by atomic mass is 9.89. The van der Waals surface area contributed by atoms with Crippen molar-refractivity contribution < 1.29 is 14.3 Å². The highest BCUT2D eigenvalue weighted by atomic mass is 16.5. The molecule has 4 rings (SSSR count). The Balaban J connectivity index is 1.22. The Labute approximate surface area is 169 Å². The number of carbonyl (C=O) groups excluding carboxylic acids is 2. The van der Waals surface area contributed by atoms with Gasteiger partial charge in [0.2, 0.25) is 5.91 Å². The summed E-state index contributed by atoms with van der Waals surface area (Å²) in [6.07, 6.45) is 5.62. The van der Waals surface area contributed by atoms with Gasteiger partial charge in [-0.2, -0.15) is 0 Å². The fourth-order valence-corrected chi connectivity index (χ4v) is 3.76. The lowest BCUT2D eigenvalue weighted by Crippen LogP contribution is -2.44. The number of benzene rings is 1. The predicted molar refractivity (Wildman–Crippen MR) is 110 cm³/mol. The number of ether oxygens (including phenoxy) is 1. The smallest absolute Gasteiger partial charge is 0.258 e. The highest BCUT2D eigenvalue weighted by Gasteiger charge is 2.25. The van der Waals surface area contributed by atoms with E-state index in [1.165, 1.54) is 5.56 Å². The molecule has 1 fully saturated rings. The molecule has 29 heavy (non-hydrogen) atoms. The zero-order chi connectivity index (χ0) is 20.1. The highest BCUT2D eigenvalue weighted by molar-refractivity contribution is 5.85. The average molecular weight is 392 g/mol. The third-order valence-corrected chi connectivity index (χ3v) is 5.32. The molecule has 0 spiro atoms. The molecular formula is C22H24N4O3. The van der Waals surface area contributed by atoms with Crippen molar-refractivity contribution in [1.29, 1.82) is 0 Å². The minimum atomic E-state index is -0.302. The van der Waals surface area contributed by atoms with Crippen molar-refractivity contribution in [2.24, 2.45) is 0 Å². The Morgan fingerprint density at radius 3 is 2.72 bits per heavy atom. The Kier molecular flexibility index (Phi) is 5.74. The van der Waals surface area contributed by atoms with Gasteiger partial charge in [0.1, 0.15) is 11.4 Å². The van der Waals surface area contributed by atoms with E-state index < -0.39 is 0 Å². The topological polar surface area (TPSA) is 87.3 Å². The van der Waals surface area contributed by atoms with Gasteiger partial charge < -0.3 is 19.9 Å². The van der Waals surface area contributed by atoms with Crippen LogP contribution in [0, 0.1) is 0 Å². The first-order valence-electron chi connectivity index (χ1n) is 9.85. The average Bonchev–Trinajstić information content (AvgIpc) is 3.21. The first kappa shape index (κ1) is 19.0. The van der Waals surface area contributed by atoms with Gasteiger partial charge >= 0.3 is 0 Å². The number of carbonyl (C=O) groups is 2. The van der Waals surface area contributed by atoms with Crippen LogP contribution in [0.3, 0.4) is 0 Å². The van der Waals surface area contributed by atoms with Crippen molar-refractivity contribution in [2.45, 2.75) is 18.8 Å². The molecule has 1 saturated heterocycles. The van der Waals surface area contributed by atoms with E-state index in [0.29, 0.717) is 24.8 Å². The largest absolute Gasteiger partial charge is 0.484 e. The minimum Gasteiger partial charge on any atom is -0.484 e. The van der Waals surface area contributed by atoms with Gasteiger partial charge in [-0.1, -0.05) is 18.2 Å². The summed E-state index contributed by atoms with van der Waals surface area (Å²) in [4.78, 5) is 33.7. The van der Waals surface area contributed by atoms with Crippen molar-refractivity contribution in [3.63, 3.8) is 0 Å². The molecule has 3 heterocycles. The summed E-state index contributed by atoms with van der Waals surface area (Å²) in [5.74, 6) is 0.676. The number of pyridine rings is 1. The van der Waals surface area contributed by atoms with Crippen molar-refractivity contribution in [3.8, 4) is 5.75 Å². The SMILES string of the molecule is O=C(COc1ccccc1)NCC(=O)N1CCC(c2c[nH]c3ncccc23)CC1. The molecule has 0 atom stereocenters. The second-order valence-electron chi connectivity index (χ2n) is 7.18. The van der Waals surface area contributed by atoms with Gasteiger partial charge in [0.05, 0.1) is 6.54 Å². The number of fused-ring (bicyclic) bond motifs is 1. The van der Waals surface area contributed by atoms with Crippen LogP contribution in [0.2, 0.25) is 0 Å². The number of nitrogens with zero attached hydrogens (tertiary/aromatic N) is 2. The van der Waals surface area contributed by atoms with Crippen LogP contribution >= 0.6 is 0 Å². The lowest BCUT2D eigenvalue weighted by molar-refractivity contribution is -0.134. The van der Waals surface area contributed by atoms with E-state index in [1.54, 1.807) is 18.3 Å². The van der Waals surface area contributed by atoms with Gasteiger partial charge in [-0.15, -0.1) is 0 Å². The van der Waals surface area contributed by atoms with E-state index >= 15 is 0 Å². The Bertz CT molecular complexity index is 978. The summed E-state index contributed by atoms with van der Waals surface area (Å²) in [6.45, 7) is 1.27. The number of rotatable bonds is 6. The zero-order valence-electron chi connectivity index (χ0n) is 16.1. The Morgan fingerprint density at radius 1 is 1.14 bits per heavy atom. The van der Waals surface area contributed by atoms with Crippen molar-refractivity contribution in [2.75, 3.05) is 26.2 Å². The lowest BCUT2D eigenvalue weighted by Gasteiger charge is -2.32. The molecular weight excluding hydrogens is 368 g/mol. The molecule has 7 nitrogen and oxygen atoms in total. The molecule has 0 unspecified atom stereocenters. The maximum Gasteiger partial charge on any atom is 0.258 e. The summed E-state index contributed by atoms with van der Waals surface area (Å²) in [7, 11) is 0. The number of H-pyrrole nitrogens is 1. The Morgan fingerprint density at radius 2 is 1.93 bits per heavy atom. The normalized spacial score (nSPS) is 14.7. The number of aromatic nitrogens is 2. The van der Waals surface area contributed by atoms with E-state index in [9.17, 15) is 9.59 Å². The maximum absolute atomic E-state index is 12.4. The molecule has 2 aromatic heterocycles. The maximum atomic E-state index is 12.4. The summed E-state index contributed by atoms with van der Waals surface area (Å²) in [5, 5.41) is 3.80. The monoisotopic (exact) mass is 392 g/mol. The number of amides is 2. The molecule has 2 amide bonds. The molecule has 3 aromatic rings. The van der Waals surface area contributed by atoms with Crippen LogP contribution in [-0.2, 0) is 9.59 Å². The fraction of sp³-hybridized carbons (Fsp3) is 0.318. The summed E-state index contributed by atoms with van der Waals surface area (Å²) in [5.41, 5.74) is 2.17. The van der Waals surface area contributed by atoms with E-state index in [0.717, 1.165) is 23.9 Å². The molecule has 0 saturated carbocycles. The van der Waals surface area contributed by atoms with E-state index in [-0.39, 0.29) is 25.0 Å². The summed E-state index contributed by atoms with van der Waals surface area (Å²) < 4.78 is 5.39. The number of nitrogens with one attached hydrogen (secondary N) is 2. The summed E-state index contributed by atoms with van der Waals surface area (Å²) >= 11 is 0. The van der Waals surface area contributed by atoms with Crippen molar-refractivity contribution in [3.05, 3.63) is 60.4 Å². The molecule has 1 aliphatic heterocycles. The molecule has 150 valence electrons. The van der Waals surface area contributed by atoms with Gasteiger partial charge in [0.15, 0.2) is 6.61 Å². The van der Waals surface area contributed by atoms with Crippen LogP contribution in [0.4, 0.5) is 0 Å². The van der Waals surface area contributed by atoms with Crippen LogP contribution in [0.1, 0.15) is 24.3 Å². The standard InChI is InChI=1S/C22H24N4O3/c27-20(15-29-17-5-2-1-3-6-17)24-14-21(28)26-11-8-16(9-12-26)19-13-25-22-18(19)7-4-10-23-22/h1-7,10,13,16H,8-9,11-12,14-15H2,(H,23,25)(H,24,27). The Hall–Kier alpha value is -3.35. The molecule has 2 N–H and O–H groups in total. The molecule has 1 aromatic carbocycles. The quantitative estimate of drug-likeness (QED) is 0.675. The molecule has 0 radical (unpaired) electrons. The minimum absolute atomic E-state index is 0.00133. The number of likely N-dealkylation sites (tertiary alicyclic amines) is 1. The van der Waals surface area contributed by atoms with Crippen LogP contribution in [0.5, 0.6) is 5.75 Å². The molecule has 1 aliphatic rings. The van der Waals surface area contributed by atoms with Gasteiger partial charge in [-0.05, 0) is 48.6 Å². The van der Waals surface area contributed by atoms with Gasteiger partial charge in [0.25, 0.3) is 5.91 Å². The van der Waals surface area contributed by atoms with Crippen molar-refractivity contribution in [1.82, 2.24) is 20.2 Å². The van der Waals surface area contributed by atoms with Crippen molar-refractivity contribution >= 4 is 22.8 Å². The summed E-state index contributed by atoms with van der Waals surface area (Å²) in [6, 6.07) is 13.2. The zero-order valence-corrected chi connectivity index (χ0v) is 16.1. The van der Waals surface area contributed by atoms with Gasteiger partial charge in [-0.25, -0.2) is 4.98 Å². The first-order valence-corrected chi connectivity index (χ1v) is 9.85. The second kappa shape index (κ2) is 8.77. The van der Waals surface area contributed by atoms with Crippen LogP contribution < -0.4 is 10.1 Å². The van der Waals surface area contributed by atoms with Crippen LogP contribution in [0.25, 0.3) is 11.0 Å². The number of hydrogen-bond acceptors (Lipinski definition) is 4. The number of hydrogen-bond donors (Lipinski definition) is 2. The molecule has 0 bridgehead atoms. The second-order valence-corrected chi connectivity index (χ2v) is 7.18. The van der Waals surface area contributed by atoms with Crippen LogP contribution in [-0.4, -0.2) is 52.9 Å². The third-order valence-electron chi connectivity index (χ3n) is 5.32. The predicted octanol–water partition coefficient (Wildman–Crippen LogP) is 2.46. The fourth-order valence-electron chi connectivity index (χ4n) is 3.76. The number of aromatic amines is 1. The third kappa shape index (κ3) is 4.56. The van der Waals surface area contributed by atoms with E-state index in [1.807, 2.05) is 35.4 Å². The number of para-hydroxylation sites is 1. The van der Waals surface area contributed by atoms with E-state index in [4.69, 9.17) is 4.74 Å². The molecule has 0 aliphatic carbocycles. The van der Waals surface area contributed by atoms with E-state index in [2.05, 4.69) is 21.4 Å². The van der Waals surface area contributed by atoms with Gasteiger partial charge in [0, 0.05) is 30.9 Å². The van der Waals surface area contributed by atoms with Crippen LogP contribution in [0.15, 0.2) is 54.9 Å². The molecule has 7 heteroatoms. The first-order chi connectivity index (χ1) is 14.2. The highest BCUT2D eigenvalue weighted by Crippen LogP contribution is 2.32.